The first-order valence-corrected chi connectivity index (χ1v) is 6.48. The van der Waals surface area contributed by atoms with Gasteiger partial charge >= 0.3 is 5.97 Å². The quantitative estimate of drug-likeness (QED) is 0.740. The van der Waals surface area contributed by atoms with Gasteiger partial charge in [-0.3, -0.25) is 0 Å². The summed E-state index contributed by atoms with van der Waals surface area (Å²) in [5.74, 6) is -0.297. The van der Waals surface area contributed by atoms with Crippen LogP contribution in [-0.2, 0) is 4.74 Å². The van der Waals surface area contributed by atoms with E-state index in [9.17, 15) is 4.79 Å². The normalized spacial score (nSPS) is 17.8. The summed E-state index contributed by atoms with van der Waals surface area (Å²) < 4.78 is 4.70. The molecule has 1 aliphatic carbocycles. The summed E-state index contributed by atoms with van der Waals surface area (Å²) in [5, 5.41) is 0. The third-order valence-electron chi connectivity index (χ3n) is 3.43. The molecule has 0 spiro atoms. The minimum Gasteiger partial charge on any atom is -0.465 e. The zero-order chi connectivity index (χ0) is 14.0. The van der Waals surface area contributed by atoms with Gasteiger partial charge in [0.05, 0.1) is 12.7 Å². The average Bonchev–Trinajstić information content (AvgIpc) is 2.35. The lowest BCUT2D eigenvalue weighted by Crippen LogP contribution is -2.16. The van der Waals surface area contributed by atoms with E-state index in [1.807, 2.05) is 24.3 Å². The zero-order valence-corrected chi connectivity index (χ0v) is 11.8. The highest BCUT2D eigenvalue weighted by Crippen LogP contribution is 2.41. The minimum absolute atomic E-state index is 0.252. The first kappa shape index (κ1) is 13.6. The number of benzene rings is 1. The maximum Gasteiger partial charge on any atom is 0.337 e. The Bertz CT molecular complexity index is 533. The number of carbonyl (C=O) groups excluding carboxylic acids is 1. The van der Waals surface area contributed by atoms with Gasteiger partial charge in [0.25, 0.3) is 0 Å². The fourth-order valence-electron chi connectivity index (χ4n) is 2.66. The van der Waals surface area contributed by atoms with Gasteiger partial charge in [0.2, 0.25) is 0 Å². The van der Waals surface area contributed by atoms with Gasteiger partial charge in [-0.25, -0.2) is 4.79 Å². The van der Waals surface area contributed by atoms with Gasteiger partial charge in [-0.2, -0.15) is 0 Å². The van der Waals surface area contributed by atoms with Gasteiger partial charge < -0.3 is 4.74 Å². The van der Waals surface area contributed by atoms with Gasteiger partial charge in [-0.05, 0) is 41.5 Å². The SMILES string of the molecule is C=C1C=C(c2ccc(C(=O)OC)cc2)CC(C)(C)C1. The predicted molar refractivity (Wildman–Crippen MR) is 77.9 cm³/mol. The maximum absolute atomic E-state index is 11.4. The van der Waals surface area contributed by atoms with Crippen molar-refractivity contribution < 1.29 is 9.53 Å². The van der Waals surface area contributed by atoms with Crippen molar-refractivity contribution in [3.63, 3.8) is 0 Å². The highest BCUT2D eigenvalue weighted by atomic mass is 16.5. The Morgan fingerprint density at radius 1 is 1.21 bits per heavy atom. The van der Waals surface area contributed by atoms with Crippen molar-refractivity contribution in [2.45, 2.75) is 26.7 Å². The number of allylic oxidation sites excluding steroid dienone is 3. The van der Waals surface area contributed by atoms with Crippen molar-refractivity contribution in [2.75, 3.05) is 7.11 Å². The Kier molecular flexibility index (Phi) is 3.61. The molecule has 0 saturated carbocycles. The van der Waals surface area contributed by atoms with E-state index in [4.69, 9.17) is 4.74 Å². The lowest BCUT2D eigenvalue weighted by atomic mass is 9.74. The Balaban J connectivity index is 2.28. The molecule has 1 aromatic carbocycles. The second kappa shape index (κ2) is 5.04. The van der Waals surface area contributed by atoms with Gasteiger partial charge in [-0.15, -0.1) is 0 Å². The van der Waals surface area contributed by atoms with E-state index < -0.39 is 0 Å². The van der Waals surface area contributed by atoms with Crippen molar-refractivity contribution in [1.29, 1.82) is 0 Å². The number of carbonyl (C=O) groups is 1. The van der Waals surface area contributed by atoms with E-state index >= 15 is 0 Å². The third-order valence-corrected chi connectivity index (χ3v) is 3.43. The van der Waals surface area contributed by atoms with Crippen LogP contribution >= 0.6 is 0 Å². The lowest BCUT2D eigenvalue weighted by molar-refractivity contribution is 0.0600. The highest BCUT2D eigenvalue weighted by molar-refractivity contribution is 5.89. The molecule has 19 heavy (non-hydrogen) atoms. The largest absolute Gasteiger partial charge is 0.465 e. The summed E-state index contributed by atoms with van der Waals surface area (Å²) >= 11 is 0. The van der Waals surface area contributed by atoms with E-state index in [1.165, 1.54) is 18.3 Å². The Morgan fingerprint density at radius 3 is 2.37 bits per heavy atom. The molecular weight excluding hydrogens is 236 g/mol. The van der Waals surface area contributed by atoms with E-state index in [0.717, 1.165) is 18.4 Å². The standard InChI is InChI=1S/C17H20O2/c1-12-9-15(11-17(2,3)10-12)13-5-7-14(8-6-13)16(18)19-4/h5-9H,1,10-11H2,2-4H3. The molecule has 2 heteroatoms. The first-order valence-electron chi connectivity index (χ1n) is 6.48. The molecule has 0 unspecified atom stereocenters. The van der Waals surface area contributed by atoms with E-state index in [2.05, 4.69) is 26.5 Å². The van der Waals surface area contributed by atoms with Gasteiger partial charge in [0, 0.05) is 0 Å². The van der Waals surface area contributed by atoms with Crippen LogP contribution in [-0.4, -0.2) is 13.1 Å². The number of hydrogen-bond acceptors (Lipinski definition) is 2. The fourth-order valence-corrected chi connectivity index (χ4v) is 2.66. The molecule has 100 valence electrons. The summed E-state index contributed by atoms with van der Waals surface area (Å²) in [6.07, 6.45) is 4.23. The molecule has 0 atom stereocenters. The van der Waals surface area contributed by atoms with E-state index in [-0.39, 0.29) is 11.4 Å². The summed E-state index contributed by atoms with van der Waals surface area (Å²) in [6.45, 7) is 8.61. The zero-order valence-electron chi connectivity index (χ0n) is 11.8. The Morgan fingerprint density at radius 2 is 1.84 bits per heavy atom. The maximum atomic E-state index is 11.4. The molecule has 0 saturated heterocycles. The molecule has 0 fully saturated rings. The lowest BCUT2D eigenvalue weighted by Gasteiger charge is -2.31. The van der Waals surface area contributed by atoms with Crippen LogP contribution in [0.4, 0.5) is 0 Å². The molecule has 1 aromatic rings. The van der Waals surface area contributed by atoms with Crippen molar-refractivity contribution in [2.24, 2.45) is 5.41 Å². The van der Waals surface area contributed by atoms with Crippen LogP contribution in [0.25, 0.3) is 5.57 Å². The van der Waals surface area contributed by atoms with E-state index in [0.29, 0.717) is 5.56 Å². The number of esters is 1. The van der Waals surface area contributed by atoms with Crippen LogP contribution in [0.2, 0.25) is 0 Å². The smallest absolute Gasteiger partial charge is 0.337 e. The molecule has 0 N–H and O–H groups in total. The Labute approximate surface area is 114 Å². The molecule has 2 nitrogen and oxygen atoms in total. The first-order chi connectivity index (χ1) is 8.91. The second-order valence-corrected chi connectivity index (χ2v) is 5.91. The number of rotatable bonds is 2. The van der Waals surface area contributed by atoms with Crippen LogP contribution in [0, 0.1) is 5.41 Å². The topological polar surface area (TPSA) is 26.3 Å². The minimum atomic E-state index is -0.297. The second-order valence-electron chi connectivity index (χ2n) is 5.91. The average molecular weight is 256 g/mol. The molecule has 0 radical (unpaired) electrons. The summed E-state index contributed by atoms with van der Waals surface area (Å²) in [6, 6.07) is 7.58. The Hall–Kier alpha value is -1.83. The molecule has 0 aliphatic heterocycles. The number of hydrogen-bond donors (Lipinski definition) is 0. The number of methoxy groups -OCH3 is 1. The van der Waals surface area contributed by atoms with Crippen LogP contribution in [0.15, 0.2) is 42.5 Å². The molecule has 0 heterocycles. The van der Waals surface area contributed by atoms with Crippen LogP contribution in [0.1, 0.15) is 42.6 Å². The predicted octanol–water partition coefficient (Wildman–Crippen LogP) is 4.23. The van der Waals surface area contributed by atoms with Crippen LogP contribution in [0.5, 0.6) is 0 Å². The van der Waals surface area contributed by atoms with Crippen LogP contribution < -0.4 is 0 Å². The third kappa shape index (κ3) is 3.14. The van der Waals surface area contributed by atoms with Gasteiger partial charge in [0.1, 0.15) is 0 Å². The summed E-state index contributed by atoms with van der Waals surface area (Å²) in [5.41, 5.74) is 4.45. The number of ether oxygens (including phenoxy) is 1. The summed E-state index contributed by atoms with van der Waals surface area (Å²) in [7, 11) is 1.40. The molecule has 2 rings (SSSR count). The summed E-state index contributed by atoms with van der Waals surface area (Å²) in [4.78, 5) is 11.4. The fraction of sp³-hybridized carbons (Fsp3) is 0.353. The highest BCUT2D eigenvalue weighted by Gasteiger charge is 2.25. The monoisotopic (exact) mass is 256 g/mol. The van der Waals surface area contributed by atoms with Crippen molar-refractivity contribution in [3.8, 4) is 0 Å². The van der Waals surface area contributed by atoms with E-state index in [1.54, 1.807) is 0 Å². The molecule has 0 bridgehead atoms. The van der Waals surface area contributed by atoms with Crippen molar-refractivity contribution in [1.82, 2.24) is 0 Å². The molecule has 1 aliphatic rings. The molecule has 0 aromatic heterocycles. The van der Waals surface area contributed by atoms with Gasteiger partial charge in [0.15, 0.2) is 0 Å². The van der Waals surface area contributed by atoms with Crippen molar-refractivity contribution >= 4 is 11.5 Å². The molecular formula is C17H20O2. The molecule has 0 amide bonds. The van der Waals surface area contributed by atoms with Gasteiger partial charge in [-0.1, -0.05) is 44.2 Å². The van der Waals surface area contributed by atoms with Crippen molar-refractivity contribution in [3.05, 3.63) is 53.6 Å². The van der Waals surface area contributed by atoms with Crippen LogP contribution in [0.3, 0.4) is 0 Å².